The number of piperazine rings is 1. The second-order valence-corrected chi connectivity index (χ2v) is 29.7. The van der Waals surface area contributed by atoms with Gasteiger partial charge in [0, 0.05) is 54.9 Å². The molecule has 4 nitrogen and oxygen atoms in total. The molecule has 0 radical (unpaired) electrons. The molecule has 0 spiro atoms. The molecule has 1 atom stereocenters. The Morgan fingerprint density at radius 1 is 0.250 bits per heavy atom. The number of piperidine rings is 2. The minimum atomic E-state index is 0.255. The number of hydrogen-bond donors (Lipinski definition) is 0. The van der Waals surface area contributed by atoms with E-state index in [-0.39, 0.29) is 22.2 Å². The van der Waals surface area contributed by atoms with Gasteiger partial charge in [0.15, 0.2) is 0 Å². The van der Waals surface area contributed by atoms with Crippen LogP contribution in [0.3, 0.4) is 0 Å². The SMILES string of the molecule is CC(C)(C)C(C)(C)C1CCCN(C(C)(C)C(C)(C)C)C1.CC(C)(C)C(C)(C)C1CCN(C(C)(C)C(C)(C)C)CC1.CC(C)(C)C(C)(C)N1CCN(C(C)(C)C(C)(C)C)CC1. The molecule has 0 aromatic heterocycles. The first-order valence-corrected chi connectivity index (χ1v) is 25.1. The minimum absolute atomic E-state index is 0.255. The maximum absolute atomic E-state index is 2.76. The highest BCUT2D eigenvalue weighted by Crippen LogP contribution is 2.51. The van der Waals surface area contributed by atoms with Gasteiger partial charge in [-0.05, 0) is 156 Å². The first kappa shape index (κ1) is 57.9. The second-order valence-electron chi connectivity index (χ2n) is 29.7. The monoisotopic (exact) mass is 845 g/mol. The summed E-state index contributed by atoms with van der Waals surface area (Å²) in [6.45, 7) is 81.8. The molecular formula is C56H116N4. The van der Waals surface area contributed by atoms with Gasteiger partial charge < -0.3 is 0 Å². The van der Waals surface area contributed by atoms with Crippen LogP contribution in [0.1, 0.15) is 233 Å². The zero-order valence-electron chi connectivity index (χ0n) is 47.4. The van der Waals surface area contributed by atoms with Crippen molar-refractivity contribution in [2.24, 2.45) is 55.2 Å². The lowest BCUT2D eigenvalue weighted by Gasteiger charge is -2.55. The van der Waals surface area contributed by atoms with Crippen LogP contribution in [0.5, 0.6) is 0 Å². The summed E-state index contributed by atoms with van der Waals surface area (Å²) in [6.07, 6.45) is 5.44. The fourth-order valence-electron chi connectivity index (χ4n) is 9.18. The van der Waals surface area contributed by atoms with Crippen molar-refractivity contribution in [1.29, 1.82) is 0 Å². The van der Waals surface area contributed by atoms with Crippen LogP contribution in [0.4, 0.5) is 0 Å². The average molecular weight is 846 g/mol. The minimum Gasteiger partial charge on any atom is -0.298 e. The summed E-state index contributed by atoms with van der Waals surface area (Å²) < 4.78 is 0. The van der Waals surface area contributed by atoms with Gasteiger partial charge in [-0.15, -0.1) is 0 Å². The Balaban J connectivity index is 0.000000450. The summed E-state index contributed by atoms with van der Waals surface area (Å²) in [6, 6.07) is 0. The smallest absolute Gasteiger partial charge is 0.0202 e. The van der Waals surface area contributed by atoms with Gasteiger partial charge in [-0.25, -0.2) is 0 Å². The lowest BCUT2D eigenvalue weighted by atomic mass is 9.59. The van der Waals surface area contributed by atoms with Crippen LogP contribution in [0.15, 0.2) is 0 Å². The van der Waals surface area contributed by atoms with Crippen LogP contribution in [0.2, 0.25) is 0 Å². The molecule has 3 saturated heterocycles. The zero-order chi connectivity index (χ0) is 47.9. The number of likely N-dealkylation sites (tertiary alicyclic amines) is 2. The summed E-state index contributed by atoms with van der Waals surface area (Å²) in [5.41, 5.74) is 3.90. The quantitative estimate of drug-likeness (QED) is 0.264. The summed E-state index contributed by atoms with van der Waals surface area (Å²) in [5, 5.41) is 0. The molecule has 3 rings (SSSR count). The molecule has 0 aliphatic carbocycles. The maximum Gasteiger partial charge on any atom is 0.0202 e. The number of rotatable bonds is 6. The predicted octanol–water partition coefficient (Wildman–Crippen LogP) is 15.4. The van der Waals surface area contributed by atoms with E-state index in [4.69, 9.17) is 0 Å². The molecule has 0 saturated carbocycles. The van der Waals surface area contributed by atoms with E-state index >= 15 is 0 Å². The third-order valence-corrected chi connectivity index (χ3v) is 20.6. The van der Waals surface area contributed by atoms with Gasteiger partial charge in [0.1, 0.15) is 0 Å². The molecule has 0 aromatic carbocycles. The Labute approximate surface area is 381 Å². The topological polar surface area (TPSA) is 13.0 Å². The van der Waals surface area contributed by atoms with Gasteiger partial charge in [0.2, 0.25) is 0 Å². The van der Waals surface area contributed by atoms with Crippen molar-refractivity contribution in [1.82, 2.24) is 19.6 Å². The van der Waals surface area contributed by atoms with E-state index in [2.05, 4.69) is 227 Å². The predicted molar refractivity (Wildman–Crippen MR) is 272 cm³/mol. The molecule has 1 unspecified atom stereocenters. The molecule has 0 N–H and O–H groups in total. The molecule has 0 aromatic rings. The lowest BCUT2D eigenvalue weighted by molar-refractivity contribution is -0.0590. The Bertz CT molecular complexity index is 1120. The molecular weight excluding hydrogens is 729 g/mol. The Morgan fingerprint density at radius 2 is 0.500 bits per heavy atom. The Kier molecular flexibility index (Phi) is 18.3. The van der Waals surface area contributed by atoms with Gasteiger partial charge >= 0.3 is 0 Å². The van der Waals surface area contributed by atoms with Crippen LogP contribution >= 0.6 is 0 Å². The van der Waals surface area contributed by atoms with E-state index in [9.17, 15) is 0 Å². The second kappa shape index (κ2) is 19.0. The van der Waals surface area contributed by atoms with Gasteiger partial charge in [-0.3, -0.25) is 19.6 Å². The Hall–Kier alpha value is -0.160. The van der Waals surface area contributed by atoms with E-state index in [1.165, 1.54) is 78.0 Å². The van der Waals surface area contributed by atoms with Gasteiger partial charge in [0.25, 0.3) is 0 Å². The van der Waals surface area contributed by atoms with Crippen molar-refractivity contribution >= 4 is 0 Å². The fraction of sp³-hybridized carbons (Fsp3) is 1.00. The normalized spacial score (nSPS) is 22.2. The summed E-state index contributed by atoms with van der Waals surface area (Å²) in [7, 11) is 0. The van der Waals surface area contributed by atoms with Crippen LogP contribution in [-0.4, -0.2) is 94.1 Å². The average Bonchev–Trinajstić information content (AvgIpc) is 3.06. The van der Waals surface area contributed by atoms with Crippen molar-refractivity contribution in [3.8, 4) is 0 Å². The summed E-state index contributed by atoms with van der Waals surface area (Å²) in [4.78, 5) is 10.8. The highest BCUT2D eigenvalue weighted by molar-refractivity contribution is 5.01. The van der Waals surface area contributed by atoms with E-state index in [1.807, 2.05) is 0 Å². The van der Waals surface area contributed by atoms with Gasteiger partial charge in [-0.2, -0.15) is 0 Å². The standard InChI is InChI=1S/2C19H39N.C18H38N2/c1-16(2,3)18(7,8)15-11-13-20(14-12-15)19(9,10)17(4,5)6;1-16(2,3)18(7,8)15-12-11-13-20(14-15)19(9,10)17(4,5)6;1-15(2,3)17(7,8)19-11-13-20(14-12-19)18(9,10)16(4,5)6/h2*15H,11-14H2,1-10H3;11-14H2,1-10H3. The van der Waals surface area contributed by atoms with Gasteiger partial charge in [0.05, 0.1) is 0 Å². The summed E-state index contributed by atoms with van der Waals surface area (Å²) >= 11 is 0. The molecule has 3 aliphatic rings. The molecule has 3 heterocycles. The fourth-order valence-corrected chi connectivity index (χ4v) is 9.18. The first-order valence-electron chi connectivity index (χ1n) is 25.1. The molecule has 360 valence electrons. The first-order chi connectivity index (χ1) is 26.1. The number of nitrogens with zero attached hydrogens (tertiary/aromatic N) is 4. The van der Waals surface area contributed by atoms with E-state index in [1.54, 1.807) is 0 Å². The molecule has 4 heteroatoms. The van der Waals surface area contributed by atoms with Crippen LogP contribution < -0.4 is 0 Å². The van der Waals surface area contributed by atoms with Crippen molar-refractivity contribution in [3.05, 3.63) is 0 Å². The highest BCUT2D eigenvalue weighted by Gasteiger charge is 2.48. The molecule has 3 fully saturated rings. The van der Waals surface area contributed by atoms with Gasteiger partial charge in [-0.1, -0.05) is 152 Å². The number of hydrogen-bond acceptors (Lipinski definition) is 4. The summed E-state index contributed by atoms with van der Waals surface area (Å²) in [5.74, 6) is 1.66. The molecule has 60 heavy (non-hydrogen) atoms. The molecule has 0 bridgehead atoms. The van der Waals surface area contributed by atoms with Crippen LogP contribution in [0, 0.1) is 55.2 Å². The third-order valence-electron chi connectivity index (χ3n) is 20.6. The van der Waals surface area contributed by atoms with Crippen molar-refractivity contribution in [2.45, 2.75) is 256 Å². The molecule has 3 aliphatic heterocycles. The van der Waals surface area contributed by atoms with Crippen molar-refractivity contribution in [2.75, 3.05) is 52.4 Å². The van der Waals surface area contributed by atoms with Crippen LogP contribution in [-0.2, 0) is 0 Å². The maximum atomic E-state index is 2.76. The van der Waals surface area contributed by atoms with Crippen LogP contribution in [0.25, 0.3) is 0 Å². The molecule has 0 amide bonds. The highest BCUT2D eigenvalue weighted by atomic mass is 15.3. The Morgan fingerprint density at radius 3 is 0.767 bits per heavy atom. The van der Waals surface area contributed by atoms with E-state index in [0.29, 0.717) is 43.3 Å². The largest absolute Gasteiger partial charge is 0.298 e. The lowest BCUT2D eigenvalue weighted by Crippen LogP contribution is -2.64. The van der Waals surface area contributed by atoms with Crippen molar-refractivity contribution < 1.29 is 0 Å². The van der Waals surface area contributed by atoms with E-state index in [0.717, 1.165) is 11.8 Å². The van der Waals surface area contributed by atoms with E-state index < -0.39 is 0 Å². The zero-order valence-corrected chi connectivity index (χ0v) is 47.4. The van der Waals surface area contributed by atoms with Crippen molar-refractivity contribution in [3.63, 3.8) is 0 Å². The third kappa shape index (κ3) is 13.0.